The molecule has 2 atom stereocenters. The highest BCUT2D eigenvalue weighted by atomic mass is 31.2. The molecule has 0 aromatic heterocycles. The topological polar surface area (TPSA) is 52.6 Å². The van der Waals surface area contributed by atoms with E-state index in [2.05, 4.69) is 0 Å². The van der Waals surface area contributed by atoms with E-state index in [9.17, 15) is 13.8 Å². The number of alkyl halides is 1. The van der Waals surface area contributed by atoms with Gasteiger partial charge in [-0.25, -0.2) is 4.39 Å². The van der Waals surface area contributed by atoms with Crippen LogP contribution in [0, 0.1) is 5.92 Å². The van der Waals surface area contributed by atoms with Gasteiger partial charge in [0.2, 0.25) is 0 Å². The molecule has 0 amide bonds. The van der Waals surface area contributed by atoms with Crippen LogP contribution in [0.2, 0.25) is 0 Å². The number of halogens is 1. The minimum Gasteiger partial charge on any atom is -0.312 e. The van der Waals surface area contributed by atoms with Crippen LogP contribution in [0.4, 0.5) is 4.39 Å². The smallest absolute Gasteiger partial charge is 0.312 e. The second-order valence-corrected chi connectivity index (χ2v) is 6.70. The Kier molecular flexibility index (Phi) is 6.19. The fourth-order valence-corrected chi connectivity index (χ4v) is 2.88. The Morgan fingerprint density at radius 2 is 2.06 bits per heavy atom. The predicted octanol–water partition coefficient (Wildman–Crippen LogP) is 3.13. The first-order chi connectivity index (χ1) is 8.52. The third-order valence-electron chi connectivity index (χ3n) is 3.21. The second kappa shape index (κ2) is 7.17. The van der Waals surface area contributed by atoms with Crippen LogP contribution in [0.25, 0.3) is 0 Å². The molecule has 0 heterocycles. The van der Waals surface area contributed by atoms with E-state index >= 15 is 0 Å². The number of ketones is 1. The highest BCUT2D eigenvalue weighted by Crippen LogP contribution is 2.46. The van der Waals surface area contributed by atoms with Crippen molar-refractivity contribution in [3.8, 4) is 0 Å². The summed E-state index contributed by atoms with van der Waals surface area (Å²) in [6.07, 6.45) is 4.55. The Labute approximate surface area is 107 Å². The van der Waals surface area contributed by atoms with Gasteiger partial charge in [0.15, 0.2) is 12.0 Å². The van der Waals surface area contributed by atoms with Gasteiger partial charge in [-0.3, -0.25) is 9.36 Å². The summed E-state index contributed by atoms with van der Waals surface area (Å²) in [6, 6.07) is 0. The van der Waals surface area contributed by atoms with E-state index in [0.29, 0.717) is 12.8 Å². The van der Waals surface area contributed by atoms with Gasteiger partial charge in [-0.1, -0.05) is 12.2 Å². The zero-order chi connectivity index (χ0) is 13.6. The average Bonchev–Trinajstić information content (AvgIpc) is 2.39. The molecule has 0 aromatic rings. The van der Waals surface area contributed by atoms with Crippen LogP contribution in [0.3, 0.4) is 0 Å². The molecule has 4 nitrogen and oxygen atoms in total. The van der Waals surface area contributed by atoms with Crippen molar-refractivity contribution in [3.63, 3.8) is 0 Å². The minimum absolute atomic E-state index is 0.164. The second-order valence-electron chi connectivity index (χ2n) is 4.39. The van der Waals surface area contributed by atoms with Crippen LogP contribution in [0.5, 0.6) is 0 Å². The SMILES string of the molecule is COP(=O)(CC=CCC1CCCC(=O)C1F)OC. The molecule has 0 N–H and O–H groups in total. The monoisotopic (exact) mass is 278 g/mol. The van der Waals surface area contributed by atoms with Crippen molar-refractivity contribution in [2.45, 2.75) is 31.9 Å². The van der Waals surface area contributed by atoms with Crippen molar-refractivity contribution in [1.82, 2.24) is 0 Å². The molecular weight excluding hydrogens is 258 g/mol. The summed E-state index contributed by atoms with van der Waals surface area (Å²) in [6.45, 7) is 0. The average molecular weight is 278 g/mol. The van der Waals surface area contributed by atoms with Crippen LogP contribution in [0.15, 0.2) is 12.2 Å². The maximum Gasteiger partial charge on any atom is 0.333 e. The largest absolute Gasteiger partial charge is 0.333 e. The molecule has 0 spiro atoms. The van der Waals surface area contributed by atoms with Gasteiger partial charge in [-0.15, -0.1) is 0 Å². The van der Waals surface area contributed by atoms with Crippen LogP contribution in [0.1, 0.15) is 25.7 Å². The normalized spacial score (nSPS) is 25.8. The molecule has 0 bridgehead atoms. The predicted molar refractivity (Wildman–Crippen MR) is 67.5 cm³/mol. The van der Waals surface area contributed by atoms with E-state index in [4.69, 9.17) is 9.05 Å². The molecule has 1 saturated carbocycles. The van der Waals surface area contributed by atoms with Crippen molar-refractivity contribution in [2.75, 3.05) is 20.4 Å². The molecule has 0 radical (unpaired) electrons. The Hall–Kier alpha value is -0.510. The van der Waals surface area contributed by atoms with Gasteiger partial charge in [-0.05, 0) is 19.3 Å². The van der Waals surface area contributed by atoms with Crippen molar-refractivity contribution in [1.29, 1.82) is 0 Å². The van der Waals surface area contributed by atoms with Crippen LogP contribution in [-0.4, -0.2) is 32.3 Å². The molecule has 1 aliphatic carbocycles. The molecule has 2 unspecified atom stereocenters. The van der Waals surface area contributed by atoms with Crippen molar-refractivity contribution in [3.05, 3.63) is 12.2 Å². The maximum absolute atomic E-state index is 13.5. The Balaban J connectivity index is 2.40. The minimum atomic E-state index is -3.03. The molecule has 0 aromatic carbocycles. The molecule has 0 saturated heterocycles. The van der Waals surface area contributed by atoms with Crippen molar-refractivity contribution in [2.24, 2.45) is 5.92 Å². The van der Waals surface area contributed by atoms with Crippen LogP contribution in [-0.2, 0) is 18.4 Å². The lowest BCUT2D eigenvalue weighted by molar-refractivity contribution is -0.127. The van der Waals surface area contributed by atoms with Crippen molar-refractivity contribution >= 4 is 13.4 Å². The highest BCUT2D eigenvalue weighted by molar-refractivity contribution is 7.54. The molecule has 1 aliphatic rings. The first-order valence-electron chi connectivity index (χ1n) is 6.04. The van der Waals surface area contributed by atoms with Gasteiger partial charge in [0.1, 0.15) is 0 Å². The fourth-order valence-electron chi connectivity index (χ4n) is 2.02. The van der Waals surface area contributed by atoms with Gasteiger partial charge >= 0.3 is 7.60 Å². The van der Waals surface area contributed by atoms with Gasteiger partial charge < -0.3 is 9.05 Å². The summed E-state index contributed by atoms with van der Waals surface area (Å²) in [4.78, 5) is 11.2. The number of Topliss-reactive ketones (excluding diaryl/α,β-unsaturated/α-hetero) is 1. The number of hydrogen-bond acceptors (Lipinski definition) is 4. The van der Waals surface area contributed by atoms with E-state index in [0.717, 1.165) is 12.8 Å². The Bertz CT molecular complexity index is 348. The summed E-state index contributed by atoms with van der Waals surface area (Å²) in [5.41, 5.74) is 0. The molecule has 6 heteroatoms. The number of rotatable bonds is 6. The summed E-state index contributed by atoms with van der Waals surface area (Å²) in [7, 11) is -0.368. The zero-order valence-electron chi connectivity index (χ0n) is 10.8. The molecular formula is C12H20FO4P. The molecule has 18 heavy (non-hydrogen) atoms. The van der Waals surface area contributed by atoms with Gasteiger partial charge in [0, 0.05) is 26.6 Å². The lowest BCUT2D eigenvalue weighted by Crippen LogP contribution is -2.29. The lowest BCUT2D eigenvalue weighted by atomic mass is 9.84. The summed E-state index contributed by atoms with van der Waals surface area (Å²) >= 11 is 0. The highest BCUT2D eigenvalue weighted by Gasteiger charge is 2.30. The summed E-state index contributed by atoms with van der Waals surface area (Å²) in [5.74, 6) is -0.536. The quantitative estimate of drug-likeness (QED) is 0.553. The van der Waals surface area contributed by atoms with E-state index in [1.165, 1.54) is 14.2 Å². The molecule has 1 rings (SSSR count). The van der Waals surface area contributed by atoms with E-state index in [1.54, 1.807) is 12.2 Å². The van der Waals surface area contributed by atoms with Crippen molar-refractivity contribution < 1.29 is 22.8 Å². The summed E-state index contributed by atoms with van der Waals surface area (Å²) in [5, 5.41) is 0. The third-order valence-corrected chi connectivity index (χ3v) is 4.98. The van der Waals surface area contributed by atoms with Crippen LogP contribution >= 0.6 is 7.60 Å². The number of carbonyl (C=O) groups excluding carboxylic acids is 1. The number of hydrogen-bond donors (Lipinski definition) is 0. The van der Waals surface area contributed by atoms with E-state index in [-0.39, 0.29) is 17.9 Å². The van der Waals surface area contributed by atoms with E-state index < -0.39 is 13.8 Å². The number of allylic oxidation sites excluding steroid dienone is 2. The molecule has 104 valence electrons. The molecule has 0 aliphatic heterocycles. The molecule has 1 fully saturated rings. The van der Waals surface area contributed by atoms with Gasteiger partial charge in [-0.2, -0.15) is 0 Å². The van der Waals surface area contributed by atoms with Gasteiger partial charge in [0.25, 0.3) is 0 Å². The first kappa shape index (κ1) is 15.5. The fraction of sp³-hybridized carbons (Fsp3) is 0.750. The summed E-state index contributed by atoms with van der Waals surface area (Å²) < 4.78 is 34.8. The lowest BCUT2D eigenvalue weighted by Gasteiger charge is -2.23. The number of carbonyl (C=O) groups is 1. The Morgan fingerprint density at radius 1 is 1.39 bits per heavy atom. The van der Waals surface area contributed by atoms with Crippen LogP contribution < -0.4 is 0 Å². The standard InChI is InChI=1S/C12H20FO4P/c1-16-18(15,17-2)9-4-3-6-10-7-5-8-11(14)12(10)13/h3-4,10,12H,5-9H2,1-2H3. The van der Waals surface area contributed by atoms with Gasteiger partial charge in [0.05, 0.1) is 6.16 Å². The van der Waals surface area contributed by atoms with E-state index in [1.807, 2.05) is 0 Å². The Morgan fingerprint density at radius 3 is 2.67 bits per heavy atom. The zero-order valence-corrected chi connectivity index (χ0v) is 11.7. The third kappa shape index (κ3) is 4.30. The first-order valence-corrected chi connectivity index (χ1v) is 7.77. The maximum atomic E-state index is 13.5.